The minimum absolute atomic E-state index is 0.0657. The lowest BCUT2D eigenvalue weighted by atomic mass is 10.2. The maximum Gasteiger partial charge on any atom is 0.130 e. The summed E-state index contributed by atoms with van der Waals surface area (Å²) in [5.41, 5.74) is 1.87. The predicted molar refractivity (Wildman–Crippen MR) is 72.8 cm³/mol. The molecule has 0 aromatic carbocycles. The van der Waals surface area contributed by atoms with E-state index in [9.17, 15) is 0 Å². The molecule has 0 bridgehead atoms. The SMILES string of the molecule is Cc1cc(N[C@@H](C)c2ccc(Cl)cn2)nc(C)n1. The average Bonchev–Trinajstić information content (AvgIpc) is 2.28. The van der Waals surface area contributed by atoms with Crippen LogP contribution in [-0.2, 0) is 0 Å². The molecular weight excluding hydrogens is 248 g/mol. The summed E-state index contributed by atoms with van der Waals surface area (Å²) in [6.07, 6.45) is 1.64. The van der Waals surface area contributed by atoms with Gasteiger partial charge in [0.2, 0.25) is 0 Å². The zero-order chi connectivity index (χ0) is 13.1. The standard InChI is InChI=1S/C13H15ClN4/c1-8-6-13(18-10(3)16-8)17-9(2)12-5-4-11(14)7-15-12/h4-7,9H,1-3H3,(H,16,17,18)/t9-/m0/s1. The first-order chi connectivity index (χ1) is 8.54. The largest absolute Gasteiger partial charge is 0.362 e. The Kier molecular flexibility index (Phi) is 3.77. The van der Waals surface area contributed by atoms with Crippen LogP contribution in [0.4, 0.5) is 5.82 Å². The highest BCUT2D eigenvalue weighted by Crippen LogP contribution is 2.17. The van der Waals surface area contributed by atoms with Crippen molar-refractivity contribution in [3.05, 3.63) is 46.6 Å². The number of hydrogen-bond acceptors (Lipinski definition) is 4. The zero-order valence-electron chi connectivity index (χ0n) is 10.6. The summed E-state index contributed by atoms with van der Waals surface area (Å²) in [7, 11) is 0. The van der Waals surface area contributed by atoms with Crippen LogP contribution in [0.3, 0.4) is 0 Å². The summed E-state index contributed by atoms with van der Waals surface area (Å²) in [4.78, 5) is 12.9. The number of nitrogens with one attached hydrogen (secondary N) is 1. The second-order valence-electron chi connectivity index (χ2n) is 4.21. The molecule has 0 radical (unpaired) electrons. The number of hydrogen-bond donors (Lipinski definition) is 1. The summed E-state index contributed by atoms with van der Waals surface area (Å²) >= 11 is 5.81. The Morgan fingerprint density at radius 2 is 2.00 bits per heavy atom. The van der Waals surface area contributed by atoms with Crippen molar-refractivity contribution in [2.45, 2.75) is 26.8 Å². The molecule has 0 aliphatic carbocycles. The molecule has 0 saturated carbocycles. The first-order valence-electron chi connectivity index (χ1n) is 5.75. The van der Waals surface area contributed by atoms with E-state index in [2.05, 4.69) is 20.3 Å². The van der Waals surface area contributed by atoms with E-state index in [0.29, 0.717) is 5.02 Å². The Labute approximate surface area is 111 Å². The maximum absolute atomic E-state index is 5.81. The molecule has 0 unspecified atom stereocenters. The zero-order valence-corrected chi connectivity index (χ0v) is 11.4. The van der Waals surface area contributed by atoms with Crippen LogP contribution in [-0.4, -0.2) is 15.0 Å². The molecule has 4 nitrogen and oxygen atoms in total. The summed E-state index contributed by atoms with van der Waals surface area (Å²) in [5, 5.41) is 3.94. The Hall–Kier alpha value is -1.68. The van der Waals surface area contributed by atoms with Gasteiger partial charge < -0.3 is 5.32 Å². The van der Waals surface area contributed by atoms with Gasteiger partial charge in [0.25, 0.3) is 0 Å². The van der Waals surface area contributed by atoms with Gasteiger partial charge in [-0.1, -0.05) is 11.6 Å². The predicted octanol–water partition coefficient (Wildman–Crippen LogP) is 3.31. The van der Waals surface area contributed by atoms with Gasteiger partial charge in [-0.05, 0) is 32.9 Å². The van der Waals surface area contributed by atoms with Crippen LogP contribution < -0.4 is 5.32 Å². The third-order valence-corrected chi connectivity index (χ3v) is 2.75. The van der Waals surface area contributed by atoms with Crippen molar-refractivity contribution in [1.82, 2.24) is 15.0 Å². The second kappa shape index (κ2) is 5.31. The van der Waals surface area contributed by atoms with E-state index < -0.39 is 0 Å². The first-order valence-corrected chi connectivity index (χ1v) is 6.12. The van der Waals surface area contributed by atoms with E-state index >= 15 is 0 Å². The molecule has 2 heterocycles. The summed E-state index contributed by atoms with van der Waals surface area (Å²) < 4.78 is 0. The molecular formula is C13H15ClN4. The van der Waals surface area contributed by atoms with Gasteiger partial charge in [-0.15, -0.1) is 0 Å². The number of aromatic nitrogens is 3. The minimum Gasteiger partial charge on any atom is -0.362 e. The maximum atomic E-state index is 5.81. The molecule has 18 heavy (non-hydrogen) atoms. The van der Waals surface area contributed by atoms with Crippen molar-refractivity contribution in [3.63, 3.8) is 0 Å². The first kappa shape index (κ1) is 12.8. The molecule has 0 aliphatic rings. The van der Waals surface area contributed by atoms with Crippen LogP contribution in [0, 0.1) is 13.8 Å². The second-order valence-corrected chi connectivity index (χ2v) is 4.65. The molecule has 0 aliphatic heterocycles. The molecule has 0 fully saturated rings. The van der Waals surface area contributed by atoms with E-state index in [0.717, 1.165) is 23.0 Å². The van der Waals surface area contributed by atoms with Gasteiger partial charge in [0.1, 0.15) is 11.6 Å². The molecule has 0 saturated heterocycles. The molecule has 1 N–H and O–H groups in total. The van der Waals surface area contributed by atoms with Crippen LogP contribution in [0.5, 0.6) is 0 Å². The quantitative estimate of drug-likeness (QED) is 0.922. The van der Waals surface area contributed by atoms with Gasteiger partial charge in [-0.2, -0.15) is 0 Å². The lowest BCUT2D eigenvalue weighted by Crippen LogP contribution is -2.10. The molecule has 94 valence electrons. The Bertz CT molecular complexity index is 519. The number of aryl methyl sites for hydroxylation is 2. The van der Waals surface area contributed by atoms with Crippen LogP contribution in [0.15, 0.2) is 24.4 Å². The molecule has 0 spiro atoms. The third kappa shape index (κ3) is 3.17. The fraction of sp³-hybridized carbons (Fsp3) is 0.308. The van der Waals surface area contributed by atoms with Crippen molar-refractivity contribution in [1.29, 1.82) is 0 Å². The summed E-state index contributed by atoms with van der Waals surface area (Å²) in [6, 6.07) is 5.72. The number of anilines is 1. The van der Waals surface area contributed by atoms with Crippen LogP contribution in [0.2, 0.25) is 5.02 Å². The normalized spacial score (nSPS) is 12.2. The van der Waals surface area contributed by atoms with Crippen molar-refractivity contribution >= 4 is 17.4 Å². The Morgan fingerprint density at radius 3 is 2.61 bits per heavy atom. The van der Waals surface area contributed by atoms with Crippen molar-refractivity contribution in [2.75, 3.05) is 5.32 Å². The monoisotopic (exact) mass is 262 g/mol. The van der Waals surface area contributed by atoms with E-state index in [1.54, 1.807) is 6.20 Å². The van der Waals surface area contributed by atoms with Gasteiger partial charge >= 0.3 is 0 Å². The van der Waals surface area contributed by atoms with Gasteiger partial charge in [0.15, 0.2) is 0 Å². The highest BCUT2D eigenvalue weighted by molar-refractivity contribution is 6.30. The minimum atomic E-state index is 0.0657. The van der Waals surface area contributed by atoms with E-state index in [1.165, 1.54) is 0 Å². The van der Waals surface area contributed by atoms with Crippen molar-refractivity contribution < 1.29 is 0 Å². The van der Waals surface area contributed by atoms with Gasteiger partial charge in [-0.3, -0.25) is 4.98 Å². The molecule has 2 aromatic rings. The molecule has 0 amide bonds. The Balaban J connectivity index is 2.15. The highest BCUT2D eigenvalue weighted by Gasteiger charge is 2.08. The van der Waals surface area contributed by atoms with E-state index in [4.69, 9.17) is 11.6 Å². The smallest absolute Gasteiger partial charge is 0.130 e. The van der Waals surface area contributed by atoms with Gasteiger partial charge in [0, 0.05) is 18.0 Å². The fourth-order valence-electron chi connectivity index (χ4n) is 1.73. The summed E-state index contributed by atoms with van der Waals surface area (Å²) in [6.45, 7) is 5.86. The lowest BCUT2D eigenvalue weighted by Gasteiger charge is -2.14. The molecule has 2 aromatic heterocycles. The Morgan fingerprint density at radius 1 is 1.22 bits per heavy atom. The summed E-state index contributed by atoms with van der Waals surface area (Å²) in [5.74, 6) is 1.57. The molecule has 2 rings (SSSR count). The van der Waals surface area contributed by atoms with Crippen LogP contribution >= 0.6 is 11.6 Å². The van der Waals surface area contributed by atoms with Crippen LogP contribution in [0.1, 0.15) is 30.2 Å². The molecule has 1 atom stereocenters. The number of rotatable bonds is 3. The average molecular weight is 263 g/mol. The fourth-order valence-corrected chi connectivity index (χ4v) is 1.84. The molecule has 5 heteroatoms. The van der Waals surface area contributed by atoms with Gasteiger partial charge in [0.05, 0.1) is 16.8 Å². The number of halogens is 1. The van der Waals surface area contributed by atoms with Crippen molar-refractivity contribution in [3.8, 4) is 0 Å². The van der Waals surface area contributed by atoms with Gasteiger partial charge in [-0.25, -0.2) is 9.97 Å². The van der Waals surface area contributed by atoms with E-state index in [1.807, 2.05) is 39.0 Å². The van der Waals surface area contributed by atoms with E-state index in [-0.39, 0.29) is 6.04 Å². The highest BCUT2D eigenvalue weighted by atomic mass is 35.5. The number of nitrogens with zero attached hydrogens (tertiary/aromatic N) is 3. The third-order valence-electron chi connectivity index (χ3n) is 2.52. The topological polar surface area (TPSA) is 50.7 Å². The van der Waals surface area contributed by atoms with Crippen molar-refractivity contribution in [2.24, 2.45) is 0 Å². The number of pyridine rings is 1. The lowest BCUT2D eigenvalue weighted by molar-refractivity contribution is 0.825. The van der Waals surface area contributed by atoms with Crippen LogP contribution in [0.25, 0.3) is 0 Å².